The molecule has 1 saturated heterocycles. The second-order valence-corrected chi connectivity index (χ2v) is 4.29. The number of hydrogen-bond donors (Lipinski definition) is 0. The van der Waals surface area contributed by atoms with Crippen LogP contribution in [-0.4, -0.2) is 50.1 Å². The Hall–Kier alpha value is -1.59. The maximum atomic E-state index is 11.5. The number of aldehydes is 1. The minimum Gasteiger partial charge on any atom is -0.469 e. The summed E-state index contributed by atoms with van der Waals surface area (Å²) in [5, 5.41) is 0. The van der Waals surface area contributed by atoms with Gasteiger partial charge in [0.1, 0.15) is 6.29 Å². The summed E-state index contributed by atoms with van der Waals surface area (Å²) in [6.07, 6.45) is 2.60. The van der Waals surface area contributed by atoms with Crippen LogP contribution in [0.5, 0.6) is 0 Å². The molecule has 1 heterocycles. The fraction of sp³-hybridized carbons (Fsp3) is 0.750. The van der Waals surface area contributed by atoms with Crippen molar-refractivity contribution in [3.63, 3.8) is 0 Å². The molecule has 0 bridgehead atoms. The van der Waals surface area contributed by atoms with Crippen molar-refractivity contribution in [2.45, 2.75) is 31.7 Å². The SMILES string of the molecule is COC(=O)CCC(C=O)C1CCCN1C(=O)OC. The van der Waals surface area contributed by atoms with Gasteiger partial charge in [-0.2, -0.15) is 0 Å². The van der Waals surface area contributed by atoms with E-state index in [2.05, 4.69) is 9.47 Å². The summed E-state index contributed by atoms with van der Waals surface area (Å²) >= 11 is 0. The summed E-state index contributed by atoms with van der Waals surface area (Å²) in [4.78, 5) is 35.3. The Morgan fingerprint density at radius 3 is 2.67 bits per heavy atom. The summed E-state index contributed by atoms with van der Waals surface area (Å²) in [5.74, 6) is -0.685. The lowest BCUT2D eigenvalue weighted by atomic mass is 9.94. The molecule has 0 spiro atoms. The van der Waals surface area contributed by atoms with E-state index in [4.69, 9.17) is 0 Å². The predicted octanol–water partition coefficient (Wildman–Crippen LogP) is 0.985. The zero-order chi connectivity index (χ0) is 13.5. The molecule has 0 saturated carbocycles. The number of carbonyl (C=O) groups excluding carboxylic acids is 3. The van der Waals surface area contributed by atoms with Gasteiger partial charge < -0.3 is 19.2 Å². The Labute approximate surface area is 106 Å². The highest BCUT2D eigenvalue weighted by Gasteiger charge is 2.35. The molecule has 6 heteroatoms. The minimum atomic E-state index is -0.414. The van der Waals surface area contributed by atoms with Gasteiger partial charge in [0, 0.05) is 24.9 Å². The molecular formula is C12H19NO5. The average molecular weight is 257 g/mol. The molecule has 1 fully saturated rings. The van der Waals surface area contributed by atoms with E-state index in [0.717, 1.165) is 19.1 Å². The topological polar surface area (TPSA) is 72.9 Å². The molecule has 0 aromatic heterocycles. The quantitative estimate of drug-likeness (QED) is 0.542. The number of carbonyl (C=O) groups is 3. The molecule has 102 valence electrons. The molecule has 0 N–H and O–H groups in total. The Morgan fingerprint density at radius 1 is 1.39 bits per heavy atom. The Balaban J connectivity index is 2.60. The smallest absolute Gasteiger partial charge is 0.409 e. The number of methoxy groups -OCH3 is 2. The summed E-state index contributed by atoms with van der Waals surface area (Å²) in [5.41, 5.74) is 0. The molecule has 2 unspecified atom stereocenters. The first-order valence-electron chi connectivity index (χ1n) is 6.00. The van der Waals surface area contributed by atoms with Crippen LogP contribution >= 0.6 is 0 Å². The zero-order valence-electron chi connectivity index (χ0n) is 10.8. The number of esters is 1. The van der Waals surface area contributed by atoms with Gasteiger partial charge in [0.2, 0.25) is 0 Å². The predicted molar refractivity (Wildman–Crippen MR) is 62.9 cm³/mol. The van der Waals surface area contributed by atoms with Crippen molar-refractivity contribution >= 4 is 18.3 Å². The lowest BCUT2D eigenvalue weighted by Crippen LogP contribution is -2.40. The maximum Gasteiger partial charge on any atom is 0.409 e. The van der Waals surface area contributed by atoms with Gasteiger partial charge in [0.25, 0.3) is 0 Å². The van der Waals surface area contributed by atoms with Crippen molar-refractivity contribution < 1.29 is 23.9 Å². The van der Waals surface area contributed by atoms with Crippen molar-refractivity contribution in [2.24, 2.45) is 5.92 Å². The molecule has 1 aliphatic heterocycles. The summed E-state index contributed by atoms with van der Waals surface area (Å²) in [6, 6.07) is -0.167. The molecule has 0 radical (unpaired) electrons. The van der Waals surface area contributed by atoms with Crippen LogP contribution in [0.15, 0.2) is 0 Å². The molecule has 18 heavy (non-hydrogen) atoms. The van der Waals surface area contributed by atoms with Crippen LogP contribution in [0.25, 0.3) is 0 Å². The minimum absolute atomic E-state index is 0.167. The number of hydrogen-bond acceptors (Lipinski definition) is 5. The van der Waals surface area contributed by atoms with Crippen molar-refractivity contribution in [3.8, 4) is 0 Å². The van der Waals surface area contributed by atoms with E-state index in [1.54, 1.807) is 4.90 Å². The first kappa shape index (κ1) is 14.5. The Bertz CT molecular complexity index is 318. The first-order valence-corrected chi connectivity index (χ1v) is 6.00. The molecule has 0 aromatic rings. The molecule has 1 rings (SSSR count). The molecule has 1 amide bonds. The number of amides is 1. The van der Waals surface area contributed by atoms with E-state index in [-0.39, 0.29) is 24.3 Å². The van der Waals surface area contributed by atoms with Gasteiger partial charge in [-0.3, -0.25) is 4.79 Å². The van der Waals surface area contributed by atoms with Crippen molar-refractivity contribution in [1.82, 2.24) is 4.90 Å². The van der Waals surface area contributed by atoms with Crippen LogP contribution in [-0.2, 0) is 19.1 Å². The van der Waals surface area contributed by atoms with Gasteiger partial charge in [-0.25, -0.2) is 4.79 Å². The van der Waals surface area contributed by atoms with Gasteiger partial charge in [-0.1, -0.05) is 0 Å². The second-order valence-electron chi connectivity index (χ2n) is 4.29. The average Bonchev–Trinajstić information content (AvgIpc) is 2.87. The number of ether oxygens (including phenoxy) is 2. The lowest BCUT2D eigenvalue weighted by Gasteiger charge is -2.27. The lowest BCUT2D eigenvalue weighted by molar-refractivity contribution is -0.141. The summed E-state index contributed by atoms with van der Waals surface area (Å²) in [6.45, 7) is 0.597. The third-order valence-corrected chi connectivity index (χ3v) is 3.29. The van der Waals surface area contributed by atoms with Gasteiger partial charge in [-0.05, 0) is 19.3 Å². The van der Waals surface area contributed by atoms with Crippen molar-refractivity contribution in [3.05, 3.63) is 0 Å². The van der Waals surface area contributed by atoms with E-state index in [0.29, 0.717) is 13.0 Å². The van der Waals surface area contributed by atoms with Crippen LogP contribution in [0, 0.1) is 5.92 Å². The highest BCUT2D eigenvalue weighted by atomic mass is 16.5. The third-order valence-electron chi connectivity index (χ3n) is 3.29. The van der Waals surface area contributed by atoms with E-state index < -0.39 is 6.09 Å². The zero-order valence-corrected chi connectivity index (χ0v) is 10.8. The van der Waals surface area contributed by atoms with E-state index in [9.17, 15) is 14.4 Å². The fourth-order valence-electron chi connectivity index (χ4n) is 2.32. The molecule has 6 nitrogen and oxygen atoms in total. The van der Waals surface area contributed by atoms with Crippen LogP contribution in [0.1, 0.15) is 25.7 Å². The van der Waals surface area contributed by atoms with Gasteiger partial charge >= 0.3 is 12.1 Å². The van der Waals surface area contributed by atoms with Crippen LogP contribution < -0.4 is 0 Å². The largest absolute Gasteiger partial charge is 0.469 e. The Morgan fingerprint density at radius 2 is 2.11 bits per heavy atom. The highest BCUT2D eigenvalue weighted by Crippen LogP contribution is 2.26. The molecule has 1 aliphatic rings. The van der Waals surface area contributed by atoms with Crippen LogP contribution in [0.3, 0.4) is 0 Å². The summed E-state index contributed by atoms with van der Waals surface area (Å²) in [7, 11) is 2.64. The van der Waals surface area contributed by atoms with Gasteiger partial charge in [0.15, 0.2) is 0 Å². The van der Waals surface area contributed by atoms with Crippen LogP contribution in [0.4, 0.5) is 4.79 Å². The third kappa shape index (κ3) is 3.45. The van der Waals surface area contributed by atoms with E-state index >= 15 is 0 Å². The number of nitrogens with zero attached hydrogens (tertiary/aromatic N) is 1. The number of rotatable bonds is 5. The first-order chi connectivity index (χ1) is 8.63. The molecule has 0 aromatic carbocycles. The Kier molecular flexibility index (Phi) is 5.61. The standard InChI is InChI=1S/C12H19NO5/c1-17-11(15)6-5-9(8-14)10-4-3-7-13(10)12(16)18-2/h8-10H,3-7H2,1-2H3. The molecule has 0 aliphatic carbocycles. The maximum absolute atomic E-state index is 11.5. The summed E-state index contributed by atoms with van der Waals surface area (Å²) < 4.78 is 9.23. The van der Waals surface area contributed by atoms with Crippen molar-refractivity contribution in [1.29, 1.82) is 0 Å². The van der Waals surface area contributed by atoms with Gasteiger partial charge in [-0.15, -0.1) is 0 Å². The molecule has 2 atom stereocenters. The van der Waals surface area contributed by atoms with Crippen molar-refractivity contribution in [2.75, 3.05) is 20.8 Å². The van der Waals surface area contributed by atoms with Crippen LogP contribution in [0.2, 0.25) is 0 Å². The normalized spacial score (nSPS) is 20.3. The van der Waals surface area contributed by atoms with E-state index in [1.165, 1.54) is 14.2 Å². The molecular weight excluding hydrogens is 238 g/mol. The second kappa shape index (κ2) is 6.98. The number of likely N-dealkylation sites (tertiary alicyclic amines) is 1. The fourth-order valence-corrected chi connectivity index (χ4v) is 2.32. The monoisotopic (exact) mass is 257 g/mol. The van der Waals surface area contributed by atoms with Gasteiger partial charge in [0.05, 0.1) is 14.2 Å². The van der Waals surface area contributed by atoms with E-state index in [1.807, 2.05) is 0 Å². The highest BCUT2D eigenvalue weighted by molar-refractivity contribution is 5.71.